The topological polar surface area (TPSA) is 49.2 Å². The zero-order valence-corrected chi connectivity index (χ0v) is 7.94. The molecule has 14 heavy (non-hydrogen) atoms. The fraction of sp³-hybridized carbons (Fsp3) is 0.556. The molecule has 1 aliphatic heterocycles. The second kappa shape index (κ2) is 3.49. The van der Waals surface area contributed by atoms with Crippen molar-refractivity contribution in [1.29, 1.82) is 0 Å². The number of aliphatic hydroxyl groups is 1. The van der Waals surface area contributed by atoms with Gasteiger partial charge in [0.05, 0.1) is 11.8 Å². The van der Waals surface area contributed by atoms with E-state index >= 15 is 0 Å². The summed E-state index contributed by atoms with van der Waals surface area (Å²) in [5.74, 6) is -0.0874. The van der Waals surface area contributed by atoms with Crippen molar-refractivity contribution in [2.24, 2.45) is 0 Å². The molecule has 4 nitrogen and oxygen atoms in total. The largest absolute Gasteiger partial charge is 0.391 e. The summed E-state index contributed by atoms with van der Waals surface area (Å²) in [6.07, 6.45) is 1.64. The van der Waals surface area contributed by atoms with Gasteiger partial charge in [0.25, 0.3) is 0 Å². The van der Waals surface area contributed by atoms with E-state index in [1.54, 1.807) is 11.8 Å². The molecule has 1 saturated heterocycles. The molecule has 0 aromatic carbocycles. The zero-order chi connectivity index (χ0) is 10.1. The summed E-state index contributed by atoms with van der Waals surface area (Å²) in [5, 5.41) is 9.31. The van der Waals surface area contributed by atoms with Gasteiger partial charge in [-0.2, -0.15) is 0 Å². The molecule has 1 aliphatic rings. The number of hydrogen-bond donors (Lipinski definition) is 1. The first-order valence-electron chi connectivity index (χ1n) is 4.58. The normalized spacial score (nSPS) is 21.6. The summed E-state index contributed by atoms with van der Waals surface area (Å²) in [7, 11) is 0. The Morgan fingerprint density at radius 1 is 1.57 bits per heavy atom. The van der Waals surface area contributed by atoms with Crippen LogP contribution in [-0.2, 0) is 0 Å². The quantitative estimate of drug-likeness (QED) is 0.712. The molecule has 0 aliphatic carbocycles. The molecule has 2 heterocycles. The molecule has 0 amide bonds. The first kappa shape index (κ1) is 9.33. The minimum Gasteiger partial charge on any atom is -0.391 e. The summed E-state index contributed by atoms with van der Waals surface area (Å²) < 4.78 is 13.5. The molecule has 1 aromatic rings. The van der Waals surface area contributed by atoms with Gasteiger partial charge in [0, 0.05) is 13.1 Å². The Kier molecular flexibility index (Phi) is 2.33. The maximum atomic E-state index is 13.5. The highest BCUT2D eigenvalue weighted by Gasteiger charge is 2.24. The highest BCUT2D eigenvalue weighted by molar-refractivity contribution is 5.41. The van der Waals surface area contributed by atoms with E-state index in [1.807, 2.05) is 0 Å². The van der Waals surface area contributed by atoms with Gasteiger partial charge in [-0.25, -0.2) is 14.4 Å². The summed E-state index contributed by atoms with van der Waals surface area (Å²) >= 11 is 0. The molecular formula is C9H12FN3O. The molecule has 1 unspecified atom stereocenters. The third kappa shape index (κ3) is 1.55. The Bertz CT molecular complexity index is 345. The lowest BCUT2D eigenvalue weighted by molar-refractivity contribution is 0.198. The first-order chi connectivity index (χ1) is 6.68. The number of rotatable bonds is 1. The lowest BCUT2D eigenvalue weighted by Crippen LogP contribution is -2.23. The third-order valence-electron chi connectivity index (χ3n) is 2.41. The highest BCUT2D eigenvalue weighted by Crippen LogP contribution is 2.21. The minimum absolute atomic E-state index is 0.300. The van der Waals surface area contributed by atoms with Crippen molar-refractivity contribution in [3.63, 3.8) is 0 Å². The van der Waals surface area contributed by atoms with Crippen LogP contribution in [0.3, 0.4) is 0 Å². The maximum absolute atomic E-state index is 13.5. The average Bonchev–Trinajstić information content (AvgIpc) is 2.57. The van der Waals surface area contributed by atoms with Gasteiger partial charge in [-0.05, 0) is 13.3 Å². The first-order valence-corrected chi connectivity index (χ1v) is 4.58. The predicted octanol–water partition coefficient (Wildman–Crippen LogP) is 0.495. The zero-order valence-electron chi connectivity index (χ0n) is 7.94. The van der Waals surface area contributed by atoms with Crippen molar-refractivity contribution >= 4 is 5.82 Å². The van der Waals surface area contributed by atoms with Gasteiger partial charge in [-0.1, -0.05) is 0 Å². The summed E-state index contributed by atoms with van der Waals surface area (Å²) in [6, 6.07) is 0. The van der Waals surface area contributed by atoms with Gasteiger partial charge in [0.2, 0.25) is 0 Å². The molecule has 0 saturated carbocycles. The standard InChI is InChI=1S/C9H12FN3O/c1-6-8(10)9(12-5-11-6)13-3-2-7(14)4-13/h5,7,14H,2-4H2,1H3. The molecular weight excluding hydrogens is 185 g/mol. The van der Waals surface area contributed by atoms with Crippen molar-refractivity contribution in [1.82, 2.24) is 9.97 Å². The number of aromatic nitrogens is 2. The van der Waals surface area contributed by atoms with Crippen LogP contribution in [0.5, 0.6) is 0 Å². The second-order valence-corrected chi connectivity index (χ2v) is 3.49. The maximum Gasteiger partial charge on any atom is 0.186 e. The van der Waals surface area contributed by atoms with E-state index in [2.05, 4.69) is 9.97 Å². The van der Waals surface area contributed by atoms with E-state index in [4.69, 9.17) is 0 Å². The minimum atomic E-state index is -0.387. The number of β-amino-alcohol motifs (C(OH)–C–C–N with tert-alkyl or cyclic N) is 1. The monoisotopic (exact) mass is 197 g/mol. The Morgan fingerprint density at radius 2 is 2.36 bits per heavy atom. The van der Waals surface area contributed by atoms with Crippen molar-refractivity contribution in [2.45, 2.75) is 19.4 Å². The van der Waals surface area contributed by atoms with Crippen LogP contribution in [0.4, 0.5) is 10.2 Å². The van der Waals surface area contributed by atoms with Gasteiger partial charge in [0.15, 0.2) is 11.6 Å². The molecule has 1 N–H and O–H groups in total. The number of anilines is 1. The van der Waals surface area contributed by atoms with Crippen LogP contribution >= 0.6 is 0 Å². The molecule has 1 fully saturated rings. The van der Waals surface area contributed by atoms with Crippen molar-refractivity contribution in [3.05, 3.63) is 17.8 Å². The van der Waals surface area contributed by atoms with Gasteiger partial charge in [-0.15, -0.1) is 0 Å². The summed E-state index contributed by atoms with van der Waals surface area (Å²) in [5.41, 5.74) is 0.344. The van der Waals surface area contributed by atoms with Crippen LogP contribution in [0.2, 0.25) is 0 Å². The van der Waals surface area contributed by atoms with Crippen LogP contribution < -0.4 is 4.90 Å². The lowest BCUT2D eigenvalue weighted by Gasteiger charge is -2.17. The molecule has 0 bridgehead atoms. The van der Waals surface area contributed by atoms with Crippen molar-refractivity contribution in [2.75, 3.05) is 18.0 Å². The number of hydrogen-bond acceptors (Lipinski definition) is 4. The van der Waals surface area contributed by atoms with Crippen LogP contribution in [0.1, 0.15) is 12.1 Å². The fourth-order valence-corrected chi connectivity index (χ4v) is 1.60. The molecule has 5 heteroatoms. The lowest BCUT2D eigenvalue weighted by atomic mass is 10.3. The molecule has 1 atom stereocenters. The smallest absolute Gasteiger partial charge is 0.186 e. The van der Waals surface area contributed by atoms with E-state index < -0.39 is 0 Å². The van der Waals surface area contributed by atoms with Gasteiger partial charge in [0.1, 0.15) is 6.33 Å². The number of halogens is 1. The molecule has 1 aromatic heterocycles. The Morgan fingerprint density at radius 3 is 3.00 bits per heavy atom. The fourth-order valence-electron chi connectivity index (χ4n) is 1.60. The van der Waals surface area contributed by atoms with E-state index in [0.717, 1.165) is 0 Å². The Labute approximate surface area is 81.4 Å². The molecule has 0 radical (unpaired) electrons. The third-order valence-corrected chi connectivity index (χ3v) is 2.41. The molecule has 76 valence electrons. The number of aryl methyl sites for hydroxylation is 1. The average molecular weight is 197 g/mol. The number of aliphatic hydroxyl groups excluding tert-OH is 1. The van der Waals surface area contributed by atoms with Crippen LogP contribution in [-0.4, -0.2) is 34.3 Å². The van der Waals surface area contributed by atoms with Gasteiger partial charge >= 0.3 is 0 Å². The van der Waals surface area contributed by atoms with E-state index in [-0.39, 0.29) is 11.9 Å². The summed E-state index contributed by atoms with van der Waals surface area (Å²) in [4.78, 5) is 9.38. The van der Waals surface area contributed by atoms with Crippen molar-refractivity contribution < 1.29 is 9.50 Å². The highest BCUT2D eigenvalue weighted by atomic mass is 19.1. The van der Waals surface area contributed by atoms with Crippen molar-refractivity contribution in [3.8, 4) is 0 Å². The van der Waals surface area contributed by atoms with E-state index in [1.165, 1.54) is 6.33 Å². The van der Waals surface area contributed by atoms with Gasteiger partial charge < -0.3 is 10.0 Å². The van der Waals surface area contributed by atoms with Crippen LogP contribution in [0.25, 0.3) is 0 Å². The SMILES string of the molecule is Cc1ncnc(N2CCC(O)C2)c1F. The van der Waals surface area contributed by atoms with Crippen LogP contribution in [0, 0.1) is 12.7 Å². The summed E-state index contributed by atoms with van der Waals surface area (Å²) in [6.45, 7) is 2.70. The van der Waals surface area contributed by atoms with Crippen LogP contribution in [0.15, 0.2) is 6.33 Å². The molecule has 0 spiro atoms. The van der Waals surface area contributed by atoms with Gasteiger partial charge in [-0.3, -0.25) is 0 Å². The second-order valence-electron chi connectivity index (χ2n) is 3.49. The molecule has 2 rings (SSSR count). The number of nitrogens with zero attached hydrogens (tertiary/aromatic N) is 3. The Hall–Kier alpha value is -1.23. The Balaban J connectivity index is 2.28. The van der Waals surface area contributed by atoms with E-state index in [9.17, 15) is 9.50 Å². The van der Waals surface area contributed by atoms with E-state index in [0.29, 0.717) is 31.0 Å². The predicted molar refractivity (Wildman–Crippen MR) is 49.6 cm³/mol.